The average molecular weight is 326 g/mol. The van der Waals surface area contributed by atoms with E-state index < -0.39 is 15.8 Å². The predicted octanol–water partition coefficient (Wildman–Crippen LogP) is 1.60. The minimum absolute atomic E-state index is 0.0923. The molecule has 120 valence electrons. The van der Waals surface area contributed by atoms with Gasteiger partial charge < -0.3 is 4.90 Å². The van der Waals surface area contributed by atoms with Gasteiger partial charge in [-0.1, -0.05) is 12.1 Å². The fraction of sp³-hybridized carbons (Fsp3) is 0.533. The number of amides is 1. The Bertz CT molecular complexity index is 677. The molecule has 2 aliphatic heterocycles. The third-order valence-corrected chi connectivity index (χ3v) is 6.26. The molecule has 7 heteroatoms. The number of carbonyl (C=O) groups excluding carboxylic acids is 1. The normalized spacial score (nSPS) is 24.0. The van der Waals surface area contributed by atoms with Gasteiger partial charge in [0.1, 0.15) is 10.7 Å². The molecule has 0 saturated carbocycles. The van der Waals surface area contributed by atoms with Crippen LogP contribution in [0.3, 0.4) is 0 Å². The van der Waals surface area contributed by atoms with E-state index in [4.69, 9.17) is 0 Å². The van der Waals surface area contributed by atoms with Crippen molar-refractivity contribution in [1.82, 2.24) is 9.21 Å². The van der Waals surface area contributed by atoms with Gasteiger partial charge in [0.25, 0.3) is 0 Å². The number of benzene rings is 1. The standard InChI is InChI=1S/C15H19FN2O3S/c16-13-6-1-2-7-14(13)22(20,21)17-9-3-5-12(11-17)18-10-4-8-15(18)19/h1-2,6-7,12H,3-5,8-11H2. The van der Waals surface area contributed by atoms with E-state index in [-0.39, 0.29) is 23.4 Å². The highest BCUT2D eigenvalue weighted by atomic mass is 32.2. The van der Waals surface area contributed by atoms with E-state index in [1.54, 1.807) is 4.90 Å². The molecule has 22 heavy (non-hydrogen) atoms. The first-order valence-electron chi connectivity index (χ1n) is 7.54. The minimum atomic E-state index is -3.85. The molecular formula is C15H19FN2O3S. The monoisotopic (exact) mass is 326 g/mol. The van der Waals surface area contributed by atoms with E-state index in [1.165, 1.54) is 22.5 Å². The predicted molar refractivity (Wildman–Crippen MR) is 79.1 cm³/mol. The highest BCUT2D eigenvalue weighted by Gasteiger charge is 2.36. The maximum absolute atomic E-state index is 13.8. The van der Waals surface area contributed by atoms with Crippen molar-refractivity contribution in [2.45, 2.75) is 36.6 Å². The highest BCUT2D eigenvalue weighted by molar-refractivity contribution is 7.89. The molecule has 0 radical (unpaired) electrons. The van der Waals surface area contributed by atoms with Crippen LogP contribution in [0, 0.1) is 5.82 Å². The Morgan fingerprint density at radius 1 is 1.14 bits per heavy atom. The molecule has 0 aliphatic carbocycles. The van der Waals surface area contributed by atoms with Crippen LogP contribution in [0.1, 0.15) is 25.7 Å². The van der Waals surface area contributed by atoms with E-state index in [0.29, 0.717) is 25.9 Å². The van der Waals surface area contributed by atoms with Crippen LogP contribution in [-0.2, 0) is 14.8 Å². The van der Waals surface area contributed by atoms with Crippen LogP contribution in [0.25, 0.3) is 0 Å². The smallest absolute Gasteiger partial charge is 0.246 e. The molecule has 0 N–H and O–H groups in total. The van der Waals surface area contributed by atoms with Gasteiger partial charge >= 0.3 is 0 Å². The van der Waals surface area contributed by atoms with Crippen molar-refractivity contribution >= 4 is 15.9 Å². The molecule has 2 saturated heterocycles. The molecule has 0 bridgehead atoms. The number of piperidine rings is 1. The molecular weight excluding hydrogens is 307 g/mol. The second kappa shape index (κ2) is 5.96. The second-order valence-corrected chi connectivity index (χ2v) is 7.69. The number of nitrogens with zero attached hydrogens (tertiary/aromatic N) is 2. The SMILES string of the molecule is O=C1CCCN1C1CCCN(S(=O)(=O)c2ccccc2F)C1. The van der Waals surface area contributed by atoms with Gasteiger partial charge in [0, 0.05) is 32.1 Å². The van der Waals surface area contributed by atoms with Crippen molar-refractivity contribution < 1.29 is 17.6 Å². The van der Waals surface area contributed by atoms with Crippen molar-refractivity contribution in [2.75, 3.05) is 19.6 Å². The molecule has 5 nitrogen and oxygen atoms in total. The fourth-order valence-electron chi connectivity index (χ4n) is 3.24. The lowest BCUT2D eigenvalue weighted by atomic mass is 10.1. The number of halogens is 1. The van der Waals surface area contributed by atoms with Crippen LogP contribution in [-0.4, -0.2) is 49.2 Å². The maximum atomic E-state index is 13.8. The van der Waals surface area contributed by atoms with Crippen LogP contribution in [0.2, 0.25) is 0 Å². The Morgan fingerprint density at radius 2 is 1.91 bits per heavy atom. The Balaban J connectivity index is 1.82. The Labute approximate surface area is 129 Å². The molecule has 2 fully saturated rings. The fourth-order valence-corrected chi connectivity index (χ4v) is 4.82. The summed E-state index contributed by atoms with van der Waals surface area (Å²) in [6, 6.07) is 5.33. The summed E-state index contributed by atoms with van der Waals surface area (Å²) in [6.45, 7) is 1.31. The average Bonchev–Trinajstić information content (AvgIpc) is 2.94. The molecule has 1 aromatic carbocycles. The largest absolute Gasteiger partial charge is 0.338 e. The third-order valence-electron chi connectivity index (χ3n) is 4.36. The summed E-state index contributed by atoms with van der Waals surface area (Å²) < 4.78 is 40.4. The quantitative estimate of drug-likeness (QED) is 0.848. The van der Waals surface area contributed by atoms with Gasteiger partial charge in [-0.2, -0.15) is 4.31 Å². The maximum Gasteiger partial charge on any atom is 0.246 e. The Kier molecular flexibility index (Phi) is 4.18. The number of likely N-dealkylation sites (tertiary alicyclic amines) is 1. The summed E-state index contributed by atoms with van der Waals surface area (Å²) >= 11 is 0. The summed E-state index contributed by atoms with van der Waals surface area (Å²) in [5, 5.41) is 0. The van der Waals surface area contributed by atoms with Gasteiger partial charge in [0.2, 0.25) is 15.9 Å². The van der Waals surface area contributed by atoms with Gasteiger partial charge in [-0.25, -0.2) is 12.8 Å². The van der Waals surface area contributed by atoms with Crippen molar-refractivity contribution in [3.05, 3.63) is 30.1 Å². The zero-order valence-corrected chi connectivity index (χ0v) is 13.1. The molecule has 0 spiro atoms. The Hall–Kier alpha value is -1.47. The van der Waals surface area contributed by atoms with Crippen molar-refractivity contribution in [2.24, 2.45) is 0 Å². The van der Waals surface area contributed by atoms with E-state index in [9.17, 15) is 17.6 Å². The van der Waals surface area contributed by atoms with Crippen LogP contribution in [0.5, 0.6) is 0 Å². The van der Waals surface area contributed by atoms with Crippen LogP contribution >= 0.6 is 0 Å². The molecule has 3 rings (SSSR count). The number of hydrogen-bond acceptors (Lipinski definition) is 3. The second-order valence-electron chi connectivity index (χ2n) is 5.78. The number of carbonyl (C=O) groups is 1. The summed E-state index contributed by atoms with van der Waals surface area (Å²) in [5.74, 6) is -0.642. The molecule has 1 unspecified atom stereocenters. The minimum Gasteiger partial charge on any atom is -0.338 e. The van der Waals surface area contributed by atoms with Crippen molar-refractivity contribution in [1.29, 1.82) is 0 Å². The summed E-state index contributed by atoms with van der Waals surface area (Å²) in [6.07, 6.45) is 2.85. The lowest BCUT2D eigenvalue weighted by molar-refractivity contribution is -0.130. The van der Waals surface area contributed by atoms with Crippen molar-refractivity contribution in [3.8, 4) is 0 Å². The lowest BCUT2D eigenvalue weighted by Crippen LogP contribution is -2.50. The zero-order valence-electron chi connectivity index (χ0n) is 12.2. The zero-order chi connectivity index (χ0) is 15.7. The van der Waals surface area contributed by atoms with Gasteiger partial charge in [-0.15, -0.1) is 0 Å². The molecule has 1 aromatic rings. The van der Waals surface area contributed by atoms with Gasteiger partial charge in [-0.3, -0.25) is 4.79 Å². The van der Waals surface area contributed by atoms with Gasteiger partial charge in [0.05, 0.1) is 0 Å². The molecule has 2 heterocycles. The number of hydrogen-bond donors (Lipinski definition) is 0. The van der Waals surface area contributed by atoms with Gasteiger partial charge in [-0.05, 0) is 31.4 Å². The number of rotatable bonds is 3. The van der Waals surface area contributed by atoms with E-state index in [0.717, 1.165) is 18.9 Å². The first kappa shape index (κ1) is 15.4. The molecule has 0 aromatic heterocycles. The highest BCUT2D eigenvalue weighted by Crippen LogP contribution is 2.26. The van der Waals surface area contributed by atoms with E-state index in [2.05, 4.69) is 0 Å². The summed E-state index contributed by atoms with van der Waals surface area (Å²) in [7, 11) is -3.85. The third kappa shape index (κ3) is 2.75. The van der Waals surface area contributed by atoms with Crippen molar-refractivity contribution in [3.63, 3.8) is 0 Å². The van der Waals surface area contributed by atoms with Crippen LogP contribution in [0.4, 0.5) is 4.39 Å². The first-order chi connectivity index (χ1) is 10.5. The first-order valence-corrected chi connectivity index (χ1v) is 8.98. The summed E-state index contributed by atoms with van der Waals surface area (Å²) in [5.41, 5.74) is 0. The molecule has 1 amide bonds. The lowest BCUT2D eigenvalue weighted by Gasteiger charge is -2.36. The van der Waals surface area contributed by atoms with Crippen LogP contribution < -0.4 is 0 Å². The topological polar surface area (TPSA) is 57.7 Å². The van der Waals surface area contributed by atoms with E-state index in [1.807, 2.05) is 0 Å². The van der Waals surface area contributed by atoms with Gasteiger partial charge in [0.15, 0.2) is 0 Å². The molecule has 1 atom stereocenters. The summed E-state index contributed by atoms with van der Waals surface area (Å²) in [4.78, 5) is 13.3. The number of sulfonamides is 1. The van der Waals surface area contributed by atoms with E-state index >= 15 is 0 Å². The Morgan fingerprint density at radius 3 is 2.59 bits per heavy atom. The molecule has 2 aliphatic rings. The van der Waals surface area contributed by atoms with Crippen LogP contribution in [0.15, 0.2) is 29.2 Å².